The van der Waals surface area contributed by atoms with Gasteiger partial charge in [0.25, 0.3) is 0 Å². The molecule has 0 aromatic carbocycles. The number of nitrogens with zero attached hydrogens (tertiary/aromatic N) is 5. The Kier molecular flexibility index (Phi) is 5.08. The van der Waals surface area contributed by atoms with Gasteiger partial charge in [0.15, 0.2) is 0 Å². The van der Waals surface area contributed by atoms with E-state index in [1.54, 1.807) is 4.57 Å². The van der Waals surface area contributed by atoms with Gasteiger partial charge in [-0.2, -0.15) is 12.7 Å². The summed E-state index contributed by atoms with van der Waals surface area (Å²) in [6.45, 7) is 0. The van der Waals surface area contributed by atoms with E-state index in [-0.39, 0.29) is 11.3 Å². The van der Waals surface area contributed by atoms with Gasteiger partial charge in [0.05, 0.1) is 49.7 Å². The molecule has 2 aromatic rings. The van der Waals surface area contributed by atoms with Crippen molar-refractivity contribution in [1.82, 2.24) is 22.8 Å². The lowest BCUT2D eigenvalue weighted by molar-refractivity contribution is -0.148. The van der Waals surface area contributed by atoms with Gasteiger partial charge >= 0.3 is 22.1 Å². The minimum Gasteiger partial charge on any atom is -0.468 e. The van der Waals surface area contributed by atoms with Crippen LogP contribution in [0.3, 0.4) is 0 Å². The van der Waals surface area contributed by atoms with E-state index in [1.807, 2.05) is 0 Å². The van der Waals surface area contributed by atoms with Crippen LogP contribution in [0.25, 0.3) is 6.08 Å². The van der Waals surface area contributed by atoms with E-state index in [1.165, 1.54) is 53.1 Å². The number of fused-ring (bicyclic) bond motifs is 1. The predicted molar refractivity (Wildman–Crippen MR) is 96.1 cm³/mol. The Morgan fingerprint density at radius 1 is 1.18 bits per heavy atom. The minimum absolute atomic E-state index is 0.0670. The summed E-state index contributed by atoms with van der Waals surface area (Å²) < 4.78 is 38.0. The standard InChI is InChI=1S/C16H19N5O6S/c1-19(2)28(24,25)20-7-12(18-9-20)14-13(16(23)27-4)11(15(22)26-3)5-10-6-17-8-21(10)14/h5-9,13-14H,1-4H3/t13-,14+/m0/s1. The van der Waals surface area contributed by atoms with Crippen molar-refractivity contribution in [2.45, 2.75) is 6.04 Å². The van der Waals surface area contributed by atoms with Crippen LogP contribution in [0, 0.1) is 5.92 Å². The van der Waals surface area contributed by atoms with E-state index in [2.05, 4.69) is 9.97 Å². The molecule has 0 radical (unpaired) electrons. The molecule has 12 heteroatoms. The first kappa shape index (κ1) is 19.8. The van der Waals surface area contributed by atoms with Gasteiger partial charge in [0, 0.05) is 20.3 Å². The lowest BCUT2D eigenvalue weighted by Gasteiger charge is -2.30. The summed E-state index contributed by atoms with van der Waals surface area (Å²) in [7, 11) is 1.39. The molecule has 0 aliphatic carbocycles. The Hall–Kier alpha value is -2.99. The summed E-state index contributed by atoms with van der Waals surface area (Å²) in [5.41, 5.74) is 0.850. The molecule has 2 atom stereocenters. The molecule has 0 amide bonds. The van der Waals surface area contributed by atoms with E-state index in [4.69, 9.17) is 9.47 Å². The Morgan fingerprint density at radius 2 is 1.89 bits per heavy atom. The van der Waals surface area contributed by atoms with Gasteiger partial charge in [-0.1, -0.05) is 0 Å². The molecule has 1 aliphatic heterocycles. The topological polar surface area (TPSA) is 126 Å². The van der Waals surface area contributed by atoms with Crippen LogP contribution in [0.2, 0.25) is 0 Å². The summed E-state index contributed by atoms with van der Waals surface area (Å²) >= 11 is 0. The van der Waals surface area contributed by atoms with Gasteiger partial charge in [0.2, 0.25) is 0 Å². The molecule has 11 nitrogen and oxygen atoms in total. The maximum atomic E-state index is 12.6. The first-order valence-electron chi connectivity index (χ1n) is 8.08. The molecule has 1 aliphatic rings. The van der Waals surface area contributed by atoms with Crippen molar-refractivity contribution < 1.29 is 27.5 Å². The second-order valence-corrected chi connectivity index (χ2v) is 8.23. The van der Waals surface area contributed by atoms with Crippen LogP contribution in [0.15, 0.2) is 30.6 Å². The highest BCUT2D eigenvalue weighted by atomic mass is 32.2. The van der Waals surface area contributed by atoms with Crippen molar-refractivity contribution in [2.75, 3.05) is 28.3 Å². The van der Waals surface area contributed by atoms with E-state index in [0.717, 1.165) is 14.6 Å². The van der Waals surface area contributed by atoms with Crippen LogP contribution < -0.4 is 0 Å². The number of methoxy groups -OCH3 is 2. The molecule has 0 N–H and O–H groups in total. The highest BCUT2D eigenvalue weighted by Gasteiger charge is 2.43. The van der Waals surface area contributed by atoms with E-state index < -0.39 is 34.1 Å². The van der Waals surface area contributed by atoms with Crippen molar-refractivity contribution in [3.8, 4) is 0 Å². The Balaban J connectivity index is 2.18. The first-order valence-corrected chi connectivity index (χ1v) is 9.48. The molecule has 0 unspecified atom stereocenters. The summed E-state index contributed by atoms with van der Waals surface area (Å²) in [6.07, 6.45) is 6.90. The van der Waals surface area contributed by atoms with Gasteiger partial charge in [-0.05, 0) is 6.08 Å². The van der Waals surface area contributed by atoms with Crippen molar-refractivity contribution in [1.29, 1.82) is 0 Å². The quantitative estimate of drug-likeness (QED) is 0.615. The van der Waals surface area contributed by atoms with Gasteiger partial charge in [-0.25, -0.2) is 18.7 Å². The van der Waals surface area contributed by atoms with E-state index in [0.29, 0.717) is 5.69 Å². The number of imidazole rings is 2. The van der Waals surface area contributed by atoms with Gasteiger partial charge < -0.3 is 14.0 Å². The number of hydrogen-bond donors (Lipinski definition) is 0. The third-order valence-electron chi connectivity index (χ3n) is 4.44. The molecule has 150 valence electrons. The molecule has 3 heterocycles. The van der Waals surface area contributed by atoms with Crippen molar-refractivity contribution >= 4 is 28.2 Å². The number of carbonyl (C=O) groups excluding carboxylic acids is 2. The SMILES string of the molecule is COC(=O)C1=Cc2cncn2[C@H](c2cn(S(=O)(=O)N(C)C)cn2)[C@H]1C(=O)OC. The van der Waals surface area contributed by atoms with E-state index >= 15 is 0 Å². The van der Waals surface area contributed by atoms with Crippen LogP contribution in [0.4, 0.5) is 0 Å². The fourth-order valence-electron chi connectivity index (χ4n) is 3.03. The van der Waals surface area contributed by atoms with Crippen LogP contribution >= 0.6 is 0 Å². The van der Waals surface area contributed by atoms with Gasteiger partial charge in [0.1, 0.15) is 12.2 Å². The van der Waals surface area contributed by atoms with Crippen LogP contribution in [0.1, 0.15) is 17.4 Å². The fraction of sp³-hybridized carbons (Fsp3) is 0.375. The van der Waals surface area contributed by atoms with Crippen molar-refractivity contribution in [3.05, 3.63) is 42.0 Å². The second-order valence-electron chi connectivity index (χ2n) is 6.18. The Morgan fingerprint density at radius 3 is 2.50 bits per heavy atom. The zero-order chi connectivity index (χ0) is 20.6. The number of rotatable bonds is 5. The summed E-state index contributed by atoms with van der Waals surface area (Å²) in [6, 6.07) is -0.845. The lowest BCUT2D eigenvalue weighted by Crippen LogP contribution is -2.36. The molecule has 3 rings (SSSR count). The number of aromatic nitrogens is 4. The number of carbonyl (C=O) groups is 2. The van der Waals surface area contributed by atoms with Gasteiger partial charge in [-0.3, -0.25) is 4.79 Å². The monoisotopic (exact) mass is 409 g/mol. The molecule has 28 heavy (non-hydrogen) atoms. The van der Waals surface area contributed by atoms with Crippen LogP contribution in [0.5, 0.6) is 0 Å². The Labute approximate surface area is 161 Å². The Bertz CT molecular complexity index is 1050. The summed E-state index contributed by atoms with van der Waals surface area (Å²) in [4.78, 5) is 33.1. The third kappa shape index (κ3) is 3.10. The molecule has 0 bridgehead atoms. The molecule has 0 saturated heterocycles. The summed E-state index contributed by atoms with van der Waals surface area (Å²) in [5, 5.41) is 0. The smallest absolute Gasteiger partial charge is 0.334 e. The maximum Gasteiger partial charge on any atom is 0.334 e. The summed E-state index contributed by atoms with van der Waals surface area (Å²) in [5.74, 6) is -2.48. The fourth-order valence-corrected chi connectivity index (χ4v) is 3.81. The average Bonchev–Trinajstić information content (AvgIpc) is 3.34. The number of esters is 2. The highest BCUT2D eigenvalue weighted by Crippen LogP contribution is 2.38. The lowest BCUT2D eigenvalue weighted by atomic mass is 9.85. The number of ether oxygens (including phenoxy) is 2. The first-order chi connectivity index (χ1) is 13.2. The van der Waals surface area contributed by atoms with Crippen molar-refractivity contribution in [2.24, 2.45) is 5.92 Å². The molecule has 0 spiro atoms. The maximum absolute atomic E-state index is 12.6. The molecular formula is C16H19N5O6S. The second kappa shape index (κ2) is 7.20. The predicted octanol–water partition coefficient (Wildman–Crippen LogP) is -0.317. The molecule has 0 saturated carbocycles. The molecule has 2 aromatic heterocycles. The number of hydrogen-bond acceptors (Lipinski definition) is 8. The van der Waals surface area contributed by atoms with Crippen LogP contribution in [-0.2, 0) is 29.3 Å². The molecular weight excluding hydrogens is 390 g/mol. The highest BCUT2D eigenvalue weighted by molar-refractivity contribution is 7.87. The van der Waals surface area contributed by atoms with E-state index in [9.17, 15) is 18.0 Å². The average molecular weight is 409 g/mol. The van der Waals surface area contributed by atoms with Gasteiger partial charge in [-0.15, -0.1) is 0 Å². The van der Waals surface area contributed by atoms with Crippen molar-refractivity contribution in [3.63, 3.8) is 0 Å². The zero-order valence-corrected chi connectivity index (χ0v) is 16.5. The largest absolute Gasteiger partial charge is 0.468 e. The normalized spacial score (nSPS) is 19.1. The van der Waals surface area contributed by atoms with Crippen LogP contribution in [-0.4, -0.2) is 71.5 Å². The molecule has 0 fully saturated rings. The third-order valence-corrected chi connectivity index (χ3v) is 6.09. The minimum atomic E-state index is -3.80. The zero-order valence-electron chi connectivity index (χ0n) is 15.6.